The average molecular weight is 264 g/mol. The van der Waals surface area contributed by atoms with E-state index in [4.69, 9.17) is 10.5 Å². The zero-order valence-electron chi connectivity index (χ0n) is 12.2. The smallest absolute Gasteiger partial charge is 0.227 e. The van der Waals surface area contributed by atoms with Crippen LogP contribution in [-0.4, -0.2) is 19.1 Å². The van der Waals surface area contributed by atoms with Gasteiger partial charge in [0.25, 0.3) is 0 Å². The molecule has 0 aliphatic rings. The van der Waals surface area contributed by atoms with Crippen molar-refractivity contribution in [1.29, 1.82) is 0 Å². The second kappa shape index (κ2) is 6.57. The molecule has 0 saturated carbocycles. The molecule has 19 heavy (non-hydrogen) atoms. The molecule has 3 N–H and O–H groups in total. The van der Waals surface area contributed by atoms with E-state index in [9.17, 15) is 4.79 Å². The normalized spacial score (nSPS) is 11.2. The van der Waals surface area contributed by atoms with Gasteiger partial charge in [-0.25, -0.2) is 0 Å². The lowest BCUT2D eigenvalue weighted by Gasteiger charge is -2.21. The molecule has 1 amide bonds. The van der Waals surface area contributed by atoms with E-state index >= 15 is 0 Å². The summed E-state index contributed by atoms with van der Waals surface area (Å²) in [5.74, 6) is 0.862. The lowest BCUT2D eigenvalue weighted by molar-refractivity contribution is -0.129. The summed E-state index contributed by atoms with van der Waals surface area (Å²) in [7, 11) is 0. The summed E-state index contributed by atoms with van der Waals surface area (Å²) in [5.41, 5.74) is 7.18. The van der Waals surface area contributed by atoms with E-state index in [2.05, 4.69) is 5.32 Å². The number of nitrogens with one attached hydrogen (secondary N) is 1. The fourth-order valence-electron chi connectivity index (χ4n) is 1.65. The molecule has 0 bridgehead atoms. The highest BCUT2D eigenvalue weighted by atomic mass is 16.5. The van der Waals surface area contributed by atoms with Gasteiger partial charge in [-0.1, -0.05) is 12.1 Å². The van der Waals surface area contributed by atoms with Gasteiger partial charge in [-0.3, -0.25) is 4.79 Å². The number of ether oxygens (including phenoxy) is 1. The number of amides is 1. The summed E-state index contributed by atoms with van der Waals surface area (Å²) in [6.07, 6.45) is 0. The molecular weight excluding hydrogens is 240 g/mol. The van der Waals surface area contributed by atoms with Crippen LogP contribution in [0.5, 0.6) is 5.75 Å². The van der Waals surface area contributed by atoms with Gasteiger partial charge in [-0.2, -0.15) is 0 Å². The Morgan fingerprint density at radius 3 is 2.63 bits per heavy atom. The summed E-state index contributed by atoms with van der Waals surface area (Å²) in [6, 6.07) is 5.93. The Labute approximate surface area is 115 Å². The number of carbonyl (C=O) groups excluding carboxylic acids is 1. The lowest BCUT2D eigenvalue weighted by atomic mass is 9.92. The minimum absolute atomic E-state index is 0.0264. The highest BCUT2D eigenvalue weighted by Gasteiger charge is 2.25. The van der Waals surface area contributed by atoms with E-state index in [1.807, 2.05) is 45.9 Å². The molecule has 0 saturated heterocycles. The maximum atomic E-state index is 11.9. The molecule has 0 heterocycles. The van der Waals surface area contributed by atoms with Crippen LogP contribution < -0.4 is 15.8 Å². The van der Waals surface area contributed by atoms with Crippen molar-refractivity contribution in [2.45, 2.75) is 34.2 Å². The van der Waals surface area contributed by atoms with Crippen molar-refractivity contribution in [3.63, 3.8) is 0 Å². The monoisotopic (exact) mass is 264 g/mol. The van der Waals surface area contributed by atoms with Crippen LogP contribution in [0.3, 0.4) is 0 Å². The number of carbonyl (C=O) groups is 1. The second-order valence-corrected chi connectivity index (χ2v) is 5.30. The van der Waals surface area contributed by atoms with Crippen molar-refractivity contribution in [2.24, 2.45) is 11.1 Å². The minimum atomic E-state index is -0.527. The third-order valence-electron chi connectivity index (χ3n) is 3.12. The largest absolute Gasteiger partial charge is 0.494 e. The van der Waals surface area contributed by atoms with E-state index in [0.717, 1.165) is 16.9 Å². The molecule has 0 aromatic heterocycles. The first-order valence-corrected chi connectivity index (χ1v) is 6.61. The Hall–Kier alpha value is -1.55. The van der Waals surface area contributed by atoms with Crippen molar-refractivity contribution >= 4 is 5.91 Å². The summed E-state index contributed by atoms with van der Waals surface area (Å²) in [6.45, 7) is 9.14. The van der Waals surface area contributed by atoms with E-state index in [-0.39, 0.29) is 5.91 Å². The molecular formula is C15H24N2O2. The molecule has 4 nitrogen and oxygen atoms in total. The highest BCUT2D eigenvalue weighted by Crippen LogP contribution is 2.19. The van der Waals surface area contributed by atoms with Crippen molar-refractivity contribution in [3.8, 4) is 5.75 Å². The molecule has 0 aliphatic carbocycles. The van der Waals surface area contributed by atoms with Gasteiger partial charge in [0, 0.05) is 13.1 Å². The minimum Gasteiger partial charge on any atom is -0.494 e. The third-order valence-corrected chi connectivity index (χ3v) is 3.12. The SMILES string of the molecule is CCOc1ccc(CNC(=O)C(C)(C)CN)cc1C. The fraction of sp³-hybridized carbons (Fsp3) is 0.533. The zero-order chi connectivity index (χ0) is 14.5. The van der Waals surface area contributed by atoms with Crippen LogP contribution >= 0.6 is 0 Å². The zero-order valence-corrected chi connectivity index (χ0v) is 12.2. The van der Waals surface area contributed by atoms with Crippen LogP contribution in [0.1, 0.15) is 31.9 Å². The van der Waals surface area contributed by atoms with Crippen molar-refractivity contribution < 1.29 is 9.53 Å². The topological polar surface area (TPSA) is 64.3 Å². The van der Waals surface area contributed by atoms with Crippen molar-refractivity contribution in [3.05, 3.63) is 29.3 Å². The molecule has 0 unspecified atom stereocenters. The van der Waals surface area contributed by atoms with Crippen LogP contribution in [0.2, 0.25) is 0 Å². The van der Waals surface area contributed by atoms with Crippen LogP contribution in [0.25, 0.3) is 0 Å². The van der Waals surface area contributed by atoms with Gasteiger partial charge < -0.3 is 15.8 Å². The molecule has 0 spiro atoms. The summed E-state index contributed by atoms with van der Waals surface area (Å²) >= 11 is 0. The average Bonchev–Trinajstić information content (AvgIpc) is 2.39. The summed E-state index contributed by atoms with van der Waals surface area (Å²) in [4.78, 5) is 11.9. The van der Waals surface area contributed by atoms with Crippen LogP contribution in [0, 0.1) is 12.3 Å². The quantitative estimate of drug-likeness (QED) is 0.826. The Morgan fingerprint density at radius 2 is 2.11 bits per heavy atom. The Balaban J connectivity index is 2.64. The number of aryl methyl sites for hydroxylation is 1. The third kappa shape index (κ3) is 4.24. The first-order chi connectivity index (χ1) is 8.90. The molecule has 1 aromatic carbocycles. The van der Waals surface area contributed by atoms with Gasteiger partial charge in [0.1, 0.15) is 5.75 Å². The number of hydrogen-bond donors (Lipinski definition) is 2. The molecule has 0 atom stereocenters. The van der Waals surface area contributed by atoms with Gasteiger partial charge in [0.05, 0.1) is 12.0 Å². The van der Waals surface area contributed by atoms with Crippen LogP contribution in [0.4, 0.5) is 0 Å². The second-order valence-electron chi connectivity index (χ2n) is 5.30. The number of rotatable bonds is 6. The number of benzene rings is 1. The highest BCUT2D eigenvalue weighted by molar-refractivity contribution is 5.82. The molecule has 0 aliphatic heterocycles. The molecule has 0 fully saturated rings. The molecule has 1 rings (SSSR count). The molecule has 4 heteroatoms. The Kier molecular flexibility index (Phi) is 5.36. The van der Waals surface area contributed by atoms with E-state index in [1.165, 1.54) is 0 Å². The number of hydrogen-bond acceptors (Lipinski definition) is 3. The lowest BCUT2D eigenvalue weighted by Crippen LogP contribution is -2.41. The summed E-state index contributed by atoms with van der Waals surface area (Å²) < 4.78 is 5.48. The van der Waals surface area contributed by atoms with Gasteiger partial charge in [0.15, 0.2) is 0 Å². The predicted octanol–water partition coefficient (Wildman–Crippen LogP) is 1.99. The van der Waals surface area contributed by atoms with Crippen LogP contribution in [0.15, 0.2) is 18.2 Å². The van der Waals surface area contributed by atoms with Crippen molar-refractivity contribution in [2.75, 3.05) is 13.2 Å². The molecule has 0 radical (unpaired) electrons. The van der Waals surface area contributed by atoms with Gasteiger partial charge >= 0.3 is 0 Å². The standard InChI is InChI=1S/C15H24N2O2/c1-5-19-13-7-6-12(8-11(13)2)9-17-14(18)15(3,4)10-16/h6-8H,5,9-10,16H2,1-4H3,(H,17,18). The van der Waals surface area contributed by atoms with Crippen LogP contribution in [-0.2, 0) is 11.3 Å². The first-order valence-electron chi connectivity index (χ1n) is 6.61. The van der Waals surface area contributed by atoms with Gasteiger partial charge in [0.2, 0.25) is 5.91 Å². The summed E-state index contributed by atoms with van der Waals surface area (Å²) in [5, 5.41) is 2.91. The maximum Gasteiger partial charge on any atom is 0.227 e. The van der Waals surface area contributed by atoms with Gasteiger partial charge in [-0.15, -0.1) is 0 Å². The number of nitrogens with two attached hydrogens (primary N) is 1. The van der Waals surface area contributed by atoms with Crippen molar-refractivity contribution in [1.82, 2.24) is 5.32 Å². The van der Waals surface area contributed by atoms with Gasteiger partial charge in [-0.05, 0) is 44.9 Å². The first kappa shape index (κ1) is 15.5. The fourth-order valence-corrected chi connectivity index (χ4v) is 1.65. The molecule has 1 aromatic rings. The maximum absolute atomic E-state index is 11.9. The van der Waals surface area contributed by atoms with E-state index in [1.54, 1.807) is 0 Å². The Bertz CT molecular complexity index is 442. The van der Waals surface area contributed by atoms with E-state index < -0.39 is 5.41 Å². The Morgan fingerprint density at radius 1 is 1.42 bits per heavy atom. The molecule has 106 valence electrons. The van der Waals surface area contributed by atoms with E-state index in [0.29, 0.717) is 19.7 Å². The predicted molar refractivity (Wildman–Crippen MR) is 77.0 cm³/mol.